The molecule has 1 aromatic heterocycles. The topological polar surface area (TPSA) is 52.9 Å². The predicted molar refractivity (Wildman–Crippen MR) is 121 cm³/mol. The first-order chi connectivity index (χ1) is 15.1. The van der Waals surface area contributed by atoms with Gasteiger partial charge in [0.2, 0.25) is 0 Å². The van der Waals surface area contributed by atoms with Gasteiger partial charge in [-0.3, -0.25) is 0 Å². The number of carbonyl (C=O) groups excluding carboxylic acids is 1. The monoisotopic (exact) mass is 484 g/mol. The van der Waals surface area contributed by atoms with Crippen LogP contribution in [0.1, 0.15) is 24.4 Å². The van der Waals surface area contributed by atoms with E-state index in [1.165, 1.54) is 10.9 Å². The fraction of sp³-hybridized carbons (Fsp3) is 0.375. The molecule has 1 spiro atoms. The minimum atomic E-state index is -0.599. The molecular weight excluding hydrogens is 460 g/mol. The molecule has 1 amide bonds. The van der Waals surface area contributed by atoms with Gasteiger partial charge in [0, 0.05) is 47.5 Å². The number of halogens is 1. The fourth-order valence-corrected chi connectivity index (χ4v) is 4.71. The molecule has 3 aromatic rings. The molecule has 0 unspecified atom stereocenters. The SMILES string of the molecule is O=C(OCc1ccccc1)N1CCC2(CC1)OCC(n1ccc3cc(Br)ccc31)CO2. The molecule has 0 bridgehead atoms. The molecule has 2 aromatic carbocycles. The third-order valence-electron chi connectivity index (χ3n) is 6.14. The predicted octanol–water partition coefficient (Wildman–Crippen LogP) is 5.12. The summed E-state index contributed by atoms with van der Waals surface area (Å²) in [5, 5.41) is 1.19. The second-order valence-corrected chi connectivity index (χ2v) is 9.06. The molecule has 2 saturated heterocycles. The lowest BCUT2D eigenvalue weighted by Crippen LogP contribution is -2.53. The first-order valence-corrected chi connectivity index (χ1v) is 11.4. The lowest BCUT2D eigenvalue weighted by atomic mass is 10.0. The normalized spacial score (nSPS) is 19.1. The molecule has 7 heteroatoms. The van der Waals surface area contributed by atoms with Crippen molar-refractivity contribution in [1.29, 1.82) is 0 Å². The van der Waals surface area contributed by atoms with E-state index in [9.17, 15) is 4.79 Å². The Hall–Kier alpha value is -2.35. The summed E-state index contributed by atoms with van der Waals surface area (Å²) in [6.07, 6.45) is 3.12. The number of ether oxygens (including phenoxy) is 3. The number of likely N-dealkylation sites (tertiary alicyclic amines) is 1. The summed E-state index contributed by atoms with van der Waals surface area (Å²) in [6.45, 7) is 2.62. The molecule has 0 radical (unpaired) electrons. The van der Waals surface area contributed by atoms with E-state index in [0.29, 0.717) is 39.1 Å². The second kappa shape index (κ2) is 8.65. The highest BCUT2D eigenvalue weighted by Gasteiger charge is 2.42. The zero-order valence-corrected chi connectivity index (χ0v) is 18.8. The highest BCUT2D eigenvalue weighted by molar-refractivity contribution is 9.10. The summed E-state index contributed by atoms with van der Waals surface area (Å²) in [5.74, 6) is -0.599. The lowest BCUT2D eigenvalue weighted by molar-refractivity contribution is -0.293. The van der Waals surface area contributed by atoms with Crippen molar-refractivity contribution in [2.24, 2.45) is 0 Å². The third-order valence-corrected chi connectivity index (χ3v) is 6.64. The average molecular weight is 485 g/mol. The van der Waals surface area contributed by atoms with Gasteiger partial charge >= 0.3 is 6.09 Å². The molecule has 0 N–H and O–H groups in total. The van der Waals surface area contributed by atoms with Crippen molar-refractivity contribution in [3.05, 3.63) is 70.8 Å². The van der Waals surface area contributed by atoms with Gasteiger partial charge in [-0.2, -0.15) is 0 Å². The molecular formula is C24H25BrN2O4. The molecule has 0 saturated carbocycles. The maximum Gasteiger partial charge on any atom is 0.410 e. The maximum atomic E-state index is 12.4. The van der Waals surface area contributed by atoms with Gasteiger partial charge in [0.05, 0.1) is 19.3 Å². The van der Waals surface area contributed by atoms with E-state index < -0.39 is 5.79 Å². The number of piperidine rings is 1. The van der Waals surface area contributed by atoms with Gasteiger partial charge in [-0.15, -0.1) is 0 Å². The number of benzene rings is 2. The summed E-state index contributed by atoms with van der Waals surface area (Å²) in [5.41, 5.74) is 2.16. The van der Waals surface area contributed by atoms with E-state index in [0.717, 1.165) is 10.0 Å². The summed E-state index contributed by atoms with van der Waals surface area (Å²) < 4.78 is 21.2. The summed E-state index contributed by atoms with van der Waals surface area (Å²) >= 11 is 3.53. The fourth-order valence-electron chi connectivity index (χ4n) is 4.33. The molecule has 2 aliphatic heterocycles. The number of rotatable bonds is 3. The number of fused-ring (bicyclic) bond motifs is 1. The summed E-state index contributed by atoms with van der Waals surface area (Å²) in [4.78, 5) is 14.2. The molecule has 31 heavy (non-hydrogen) atoms. The van der Waals surface area contributed by atoms with E-state index in [1.54, 1.807) is 4.90 Å². The van der Waals surface area contributed by atoms with Crippen molar-refractivity contribution in [3.8, 4) is 0 Å². The average Bonchev–Trinajstić information content (AvgIpc) is 3.22. The van der Waals surface area contributed by atoms with Crippen LogP contribution in [0.2, 0.25) is 0 Å². The van der Waals surface area contributed by atoms with Crippen molar-refractivity contribution >= 4 is 32.9 Å². The van der Waals surface area contributed by atoms with Crippen LogP contribution < -0.4 is 0 Å². The lowest BCUT2D eigenvalue weighted by Gasteiger charge is -2.45. The molecule has 5 rings (SSSR count). The number of hydrogen-bond donors (Lipinski definition) is 0. The third kappa shape index (κ3) is 4.35. The van der Waals surface area contributed by atoms with Crippen LogP contribution in [0, 0.1) is 0 Å². The van der Waals surface area contributed by atoms with Gasteiger partial charge in [0.1, 0.15) is 6.61 Å². The molecule has 2 fully saturated rings. The van der Waals surface area contributed by atoms with Gasteiger partial charge in [-0.1, -0.05) is 46.3 Å². The molecule has 0 atom stereocenters. The number of hydrogen-bond acceptors (Lipinski definition) is 4. The molecule has 162 valence electrons. The van der Waals surface area contributed by atoms with Crippen LogP contribution in [0.3, 0.4) is 0 Å². The second-order valence-electron chi connectivity index (χ2n) is 8.14. The quantitative estimate of drug-likeness (QED) is 0.517. The Bertz CT molecular complexity index is 1050. The Kier molecular flexibility index (Phi) is 5.73. The Morgan fingerprint density at radius 2 is 1.81 bits per heavy atom. The first kappa shape index (κ1) is 20.5. The molecule has 0 aliphatic carbocycles. The van der Waals surface area contributed by atoms with Crippen LogP contribution >= 0.6 is 15.9 Å². The van der Waals surface area contributed by atoms with Gasteiger partial charge in [-0.05, 0) is 29.8 Å². The maximum absolute atomic E-state index is 12.4. The zero-order valence-electron chi connectivity index (χ0n) is 17.2. The summed E-state index contributed by atoms with van der Waals surface area (Å²) in [6, 6.07) is 18.3. The van der Waals surface area contributed by atoms with Crippen LogP contribution in [-0.4, -0.2) is 47.7 Å². The van der Waals surface area contributed by atoms with E-state index in [2.05, 4.69) is 51.0 Å². The minimum absolute atomic E-state index is 0.137. The highest BCUT2D eigenvalue weighted by atomic mass is 79.9. The number of nitrogens with zero attached hydrogens (tertiary/aromatic N) is 2. The van der Waals surface area contributed by atoms with Crippen molar-refractivity contribution < 1.29 is 19.0 Å². The van der Waals surface area contributed by atoms with Crippen LogP contribution in [0.5, 0.6) is 0 Å². The van der Waals surface area contributed by atoms with Gasteiger partial charge in [0.25, 0.3) is 0 Å². The Morgan fingerprint density at radius 1 is 1.06 bits per heavy atom. The van der Waals surface area contributed by atoms with Crippen molar-refractivity contribution in [1.82, 2.24) is 9.47 Å². The van der Waals surface area contributed by atoms with Crippen LogP contribution in [0.15, 0.2) is 65.3 Å². The highest BCUT2D eigenvalue weighted by Crippen LogP contribution is 2.35. The van der Waals surface area contributed by atoms with Crippen LogP contribution in [-0.2, 0) is 20.8 Å². The molecule has 6 nitrogen and oxygen atoms in total. The van der Waals surface area contributed by atoms with E-state index in [-0.39, 0.29) is 18.7 Å². The first-order valence-electron chi connectivity index (χ1n) is 10.6. The van der Waals surface area contributed by atoms with Gasteiger partial charge in [0.15, 0.2) is 5.79 Å². The van der Waals surface area contributed by atoms with E-state index in [4.69, 9.17) is 14.2 Å². The number of carbonyl (C=O) groups is 1. The van der Waals surface area contributed by atoms with E-state index in [1.807, 2.05) is 30.3 Å². The summed E-state index contributed by atoms with van der Waals surface area (Å²) in [7, 11) is 0. The van der Waals surface area contributed by atoms with Crippen molar-refractivity contribution in [2.45, 2.75) is 31.3 Å². The number of amides is 1. The van der Waals surface area contributed by atoms with Crippen LogP contribution in [0.25, 0.3) is 10.9 Å². The Morgan fingerprint density at radius 3 is 2.55 bits per heavy atom. The zero-order chi connectivity index (χ0) is 21.3. The smallest absolute Gasteiger partial charge is 0.410 e. The molecule has 2 aliphatic rings. The van der Waals surface area contributed by atoms with E-state index >= 15 is 0 Å². The van der Waals surface area contributed by atoms with Crippen molar-refractivity contribution in [2.75, 3.05) is 26.3 Å². The minimum Gasteiger partial charge on any atom is -0.445 e. The Labute approximate surface area is 189 Å². The largest absolute Gasteiger partial charge is 0.445 e. The van der Waals surface area contributed by atoms with Crippen LogP contribution in [0.4, 0.5) is 4.79 Å². The standard InChI is InChI=1S/C24H25BrN2O4/c25-20-6-7-22-19(14-20)8-11-27(22)21-16-30-24(31-17-21)9-12-26(13-10-24)23(28)29-15-18-4-2-1-3-5-18/h1-8,11,14,21H,9-10,12-13,15-17H2. The number of aromatic nitrogens is 1. The Balaban J connectivity index is 1.14. The van der Waals surface area contributed by atoms with Gasteiger partial charge in [-0.25, -0.2) is 4.79 Å². The molecule has 3 heterocycles. The van der Waals surface area contributed by atoms with Gasteiger partial charge < -0.3 is 23.7 Å². The van der Waals surface area contributed by atoms with Crippen molar-refractivity contribution in [3.63, 3.8) is 0 Å².